The number of benzene rings is 1. The summed E-state index contributed by atoms with van der Waals surface area (Å²) in [4.78, 5) is 0. The van der Waals surface area contributed by atoms with Crippen LogP contribution in [-0.4, -0.2) is 26.9 Å². The monoisotopic (exact) mass is 249 g/mol. The van der Waals surface area contributed by atoms with Crippen LogP contribution in [0.5, 0.6) is 5.75 Å². The maximum atomic E-state index is 5.43. The second-order valence-electron chi connectivity index (χ2n) is 4.85. The van der Waals surface area contributed by atoms with Gasteiger partial charge in [-0.15, -0.1) is 0 Å². The van der Waals surface area contributed by atoms with E-state index in [2.05, 4.69) is 24.4 Å². The molecule has 2 atom stereocenters. The molecule has 0 saturated heterocycles. The molecule has 2 rings (SSSR count). The molecule has 1 aliphatic rings. The second-order valence-corrected chi connectivity index (χ2v) is 4.85. The molecule has 0 amide bonds. The summed E-state index contributed by atoms with van der Waals surface area (Å²) in [5.41, 5.74) is 2.76. The molecule has 1 aromatic carbocycles. The number of hydrogen-bond acceptors (Lipinski definition) is 3. The Hall–Kier alpha value is -1.06. The molecule has 1 aromatic rings. The third-order valence-corrected chi connectivity index (χ3v) is 3.75. The van der Waals surface area contributed by atoms with Crippen LogP contribution in [0, 0.1) is 0 Å². The topological polar surface area (TPSA) is 30.5 Å². The molecule has 0 radical (unpaired) electrons. The van der Waals surface area contributed by atoms with Crippen molar-refractivity contribution in [3.05, 3.63) is 29.3 Å². The minimum absolute atomic E-state index is 0.428. The molecule has 3 heteroatoms. The smallest absolute Gasteiger partial charge is 0.122 e. The lowest BCUT2D eigenvalue weighted by atomic mass is 10.1. The van der Waals surface area contributed by atoms with E-state index in [1.165, 1.54) is 11.1 Å². The van der Waals surface area contributed by atoms with Gasteiger partial charge < -0.3 is 14.8 Å². The van der Waals surface area contributed by atoms with Gasteiger partial charge in [-0.2, -0.15) is 0 Å². The Morgan fingerprint density at radius 1 is 1.39 bits per heavy atom. The summed E-state index contributed by atoms with van der Waals surface area (Å²) in [5, 5.41) is 3.69. The lowest BCUT2D eigenvalue weighted by Gasteiger charge is -2.22. The van der Waals surface area contributed by atoms with Crippen molar-refractivity contribution < 1.29 is 9.47 Å². The number of rotatable bonds is 6. The lowest BCUT2D eigenvalue weighted by molar-refractivity contribution is 0.158. The lowest BCUT2D eigenvalue weighted by Crippen LogP contribution is -2.34. The summed E-state index contributed by atoms with van der Waals surface area (Å²) < 4.78 is 10.7. The first-order valence-electron chi connectivity index (χ1n) is 6.70. The number of nitrogens with one attached hydrogen (secondary N) is 1. The fraction of sp³-hybridized carbons (Fsp3) is 0.600. The highest BCUT2D eigenvalue weighted by Gasteiger charge is 2.26. The van der Waals surface area contributed by atoms with Crippen molar-refractivity contribution in [1.82, 2.24) is 5.32 Å². The van der Waals surface area contributed by atoms with Crippen LogP contribution in [0.1, 0.15) is 36.9 Å². The van der Waals surface area contributed by atoms with Gasteiger partial charge in [0.2, 0.25) is 0 Å². The van der Waals surface area contributed by atoms with E-state index in [0.717, 1.165) is 31.6 Å². The third-order valence-electron chi connectivity index (χ3n) is 3.75. The van der Waals surface area contributed by atoms with Crippen molar-refractivity contribution >= 4 is 0 Å². The van der Waals surface area contributed by atoms with Gasteiger partial charge in [-0.3, -0.25) is 0 Å². The molecule has 18 heavy (non-hydrogen) atoms. The van der Waals surface area contributed by atoms with Crippen molar-refractivity contribution in [2.75, 3.05) is 20.8 Å². The SMILES string of the molecule is CC[C@@H](COC)N[C@@H]1CCc2c(OC)cccc21. The normalized spacial score (nSPS) is 19.6. The largest absolute Gasteiger partial charge is 0.496 e. The Labute approximate surface area is 109 Å². The summed E-state index contributed by atoms with van der Waals surface area (Å²) in [6.07, 6.45) is 3.33. The van der Waals surface area contributed by atoms with E-state index < -0.39 is 0 Å². The highest BCUT2D eigenvalue weighted by atomic mass is 16.5. The zero-order chi connectivity index (χ0) is 13.0. The zero-order valence-electron chi connectivity index (χ0n) is 11.5. The van der Waals surface area contributed by atoms with Crippen LogP contribution >= 0.6 is 0 Å². The van der Waals surface area contributed by atoms with E-state index in [1.54, 1.807) is 14.2 Å². The summed E-state index contributed by atoms with van der Waals surface area (Å²) >= 11 is 0. The molecule has 0 aliphatic heterocycles. The molecule has 3 nitrogen and oxygen atoms in total. The van der Waals surface area contributed by atoms with E-state index in [4.69, 9.17) is 9.47 Å². The van der Waals surface area contributed by atoms with Gasteiger partial charge in [0.1, 0.15) is 5.75 Å². The molecular weight excluding hydrogens is 226 g/mol. The van der Waals surface area contributed by atoms with Gasteiger partial charge in [-0.1, -0.05) is 19.1 Å². The Kier molecular flexibility index (Phi) is 4.61. The van der Waals surface area contributed by atoms with Crippen LogP contribution in [0.4, 0.5) is 0 Å². The molecule has 100 valence electrons. The number of ether oxygens (including phenoxy) is 2. The molecule has 0 fully saturated rings. The van der Waals surface area contributed by atoms with Crippen LogP contribution < -0.4 is 10.1 Å². The zero-order valence-corrected chi connectivity index (χ0v) is 11.5. The molecule has 0 saturated carbocycles. The molecule has 0 aromatic heterocycles. The van der Waals surface area contributed by atoms with Crippen LogP contribution in [0.2, 0.25) is 0 Å². The van der Waals surface area contributed by atoms with Gasteiger partial charge in [-0.05, 0) is 36.5 Å². The molecule has 0 unspecified atom stereocenters. The van der Waals surface area contributed by atoms with Gasteiger partial charge in [0.25, 0.3) is 0 Å². The van der Waals surface area contributed by atoms with E-state index in [9.17, 15) is 0 Å². The summed E-state index contributed by atoms with van der Waals surface area (Å²) in [6, 6.07) is 7.21. The molecular formula is C15H23NO2. The minimum atomic E-state index is 0.428. The van der Waals surface area contributed by atoms with E-state index >= 15 is 0 Å². The number of hydrogen-bond donors (Lipinski definition) is 1. The Bertz CT molecular complexity index is 392. The molecule has 1 aliphatic carbocycles. The fourth-order valence-electron chi connectivity index (χ4n) is 2.75. The summed E-state index contributed by atoms with van der Waals surface area (Å²) in [7, 11) is 3.51. The number of methoxy groups -OCH3 is 2. The molecule has 0 heterocycles. The first kappa shape index (κ1) is 13.4. The van der Waals surface area contributed by atoms with Gasteiger partial charge in [0.15, 0.2) is 0 Å². The van der Waals surface area contributed by atoms with E-state index in [1.807, 2.05) is 6.07 Å². The maximum absolute atomic E-state index is 5.43. The Morgan fingerprint density at radius 3 is 2.89 bits per heavy atom. The summed E-state index contributed by atoms with van der Waals surface area (Å²) in [5.74, 6) is 1.02. The van der Waals surface area contributed by atoms with Crippen LogP contribution in [0.3, 0.4) is 0 Å². The first-order valence-corrected chi connectivity index (χ1v) is 6.70. The Morgan fingerprint density at radius 2 is 2.22 bits per heavy atom. The minimum Gasteiger partial charge on any atom is -0.496 e. The maximum Gasteiger partial charge on any atom is 0.122 e. The molecule has 0 bridgehead atoms. The average Bonchev–Trinajstić information content (AvgIpc) is 2.81. The fourth-order valence-corrected chi connectivity index (χ4v) is 2.75. The first-order chi connectivity index (χ1) is 8.80. The van der Waals surface area contributed by atoms with Crippen LogP contribution in [0.25, 0.3) is 0 Å². The van der Waals surface area contributed by atoms with E-state index in [-0.39, 0.29) is 0 Å². The molecule has 0 spiro atoms. The third kappa shape index (κ3) is 2.68. The standard InChI is InChI=1S/C15H23NO2/c1-4-11(10-17-2)16-14-9-8-13-12(14)6-5-7-15(13)18-3/h5-7,11,14,16H,4,8-10H2,1-3H3/t11-,14+/m0/s1. The van der Waals surface area contributed by atoms with Gasteiger partial charge in [0, 0.05) is 19.2 Å². The van der Waals surface area contributed by atoms with Gasteiger partial charge >= 0.3 is 0 Å². The van der Waals surface area contributed by atoms with Crippen molar-refractivity contribution in [2.45, 2.75) is 38.3 Å². The average molecular weight is 249 g/mol. The van der Waals surface area contributed by atoms with E-state index in [0.29, 0.717) is 12.1 Å². The summed E-state index contributed by atoms with van der Waals surface area (Å²) in [6.45, 7) is 2.96. The quantitative estimate of drug-likeness (QED) is 0.841. The van der Waals surface area contributed by atoms with Crippen molar-refractivity contribution in [1.29, 1.82) is 0 Å². The van der Waals surface area contributed by atoms with Crippen molar-refractivity contribution in [3.63, 3.8) is 0 Å². The predicted molar refractivity (Wildman–Crippen MR) is 73.1 cm³/mol. The predicted octanol–water partition coefficient (Wildman–Crippen LogP) is 2.70. The highest BCUT2D eigenvalue weighted by Crippen LogP contribution is 2.37. The van der Waals surface area contributed by atoms with Crippen LogP contribution in [0.15, 0.2) is 18.2 Å². The van der Waals surface area contributed by atoms with Crippen LogP contribution in [-0.2, 0) is 11.2 Å². The van der Waals surface area contributed by atoms with Gasteiger partial charge in [-0.25, -0.2) is 0 Å². The van der Waals surface area contributed by atoms with Gasteiger partial charge in [0.05, 0.1) is 13.7 Å². The second kappa shape index (κ2) is 6.21. The highest BCUT2D eigenvalue weighted by molar-refractivity contribution is 5.45. The van der Waals surface area contributed by atoms with Crippen molar-refractivity contribution in [3.8, 4) is 5.75 Å². The number of fused-ring (bicyclic) bond motifs is 1. The molecule has 1 N–H and O–H groups in total. The van der Waals surface area contributed by atoms with Crippen molar-refractivity contribution in [2.24, 2.45) is 0 Å². The Balaban J connectivity index is 2.11.